The molecule has 1 aromatic rings. The van der Waals surface area contributed by atoms with Gasteiger partial charge in [0.1, 0.15) is 18.4 Å². The van der Waals surface area contributed by atoms with Gasteiger partial charge in [-0.3, -0.25) is 10.1 Å². The van der Waals surface area contributed by atoms with Crippen molar-refractivity contribution in [3.63, 3.8) is 0 Å². The Morgan fingerprint density at radius 3 is 2.48 bits per heavy atom. The predicted octanol–water partition coefficient (Wildman–Crippen LogP) is 3.12. The highest BCUT2D eigenvalue weighted by atomic mass is 16.5. The van der Waals surface area contributed by atoms with E-state index in [0.29, 0.717) is 5.92 Å². The molecule has 4 nitrogen and oxygen atoms in total. The molecule has 0 amide bonds. The lowest BCUT2D eigenvalue weighted by Crippen LogP contribution is -2.45. The molecule has 1 N–H and O–H groups in total. The van der Waals surface area contributed by atoms with Crippen LogP contribution in [0.3, 0.4) is 0 Å². The summed E-state index contributed by atoms with van der Waals surface area (Å²) in [5.41, 5.74) is 1.17. The van der Waals surface area contributed by atoms with E-state index in [1.807, 2.05) is 32.0 Å². The standard InChI is InChI=1S/C17H27NO3/c1-6-13(4)14-9-7-8-10-16(14)21-11-15(17(19)20-5)18-12(2)3/h7-10,12-13,15,18H,6,11H2,1-5H3. The van der Waals surface area contributed by atoms with Gasteiger partial charge in [0.15, 0.2) is 0 Å². The van der Waals surface area contributed by atoms with Gasteiger partial charge in [0.25, 0.3) is 0 Å². The minimum absolute atomic E-state index is 0.183. The van der Waals surface area contributed by atoms with E-state index in [2.05, 4.69) is 25.2 Å². The SMILES string of the molecule is CCC(C)c1ccccc1OCC(NC(C)C)C(=O)OC. The molecule has 0 radical (unpaired) electrons. The maximum atomic E-state index is 11.8. The maximum Gasteiger partial charge on any atom is 0.326 e. The zero-order chi connectivity index (χ0) is 15.8. The summed E-state index contributed by atoms with van der Waals surface area (Å²) in [7, 11) is 1.39. The third-order valence-corrected chi connectivity index (χ3v) is 3.49. The van der Waals surface area contributed by atoms with E-state index in [4.69, 9.17) is 9.47 Å². The minimum atomic E-state index is -0.458. The molecular weight excluding hydrogens is 266 g/mol. The smallest absolute Gasteiger partial charge is 0.326 e. The van der Waals surface area contributed by atoms with Gasteiger partial charge in [-0.1, -0.05) is 45.9 Å². The van der Waals surface area contributed by atoms with Crippen molar-refractivity contribution < 1.29 is 14.3 Å². The van der Waals surface area contributed by atoms with Crippen LogP contribution in [0.2, 0.25) is 0 Å². The molecular formula is C17H27NO3. The highest BCUT2D eigenvalue weighted by Crippen LogP contribution is 2.28. The van der Waals surface area contributed by atoms with Crippen LogP contribution >= 0.6 is 0 Å². The number of rotatable bonds is 8. The number of ether oxygens (including phenoxy) is 2. The van der Waals surface area contributed by atoms with Crippen LogP contribution in [0.25, 0.3) is 0 Å². The number of carbonyl (C=O) groups excluding carboxylic acids is 1. The van der Waals surface area contributed by atoms with Crippen LogP contribution in [0, 0.1) is 0 Å². The number of hydrogen-bond donors (Lipinski definition) is 1. The Labute approximate surface area is 127 Å². The Bertz CT molecular complexity index is 445. The molecule has 0 heterocycles. The van der Waals surface area contributed by atoms with Crippen LogP contribution in [-0.4, -0.2) is 31.8 Å². The van der Waals surface area contributed by atoms with Crippen LogP contribution in [0.1, 0.15) is 45.6 Å². The Hall–Kier alpha value is -1.55. The number of carbonyl (C=O) groups is 1. The lowest BCUT2D eigenvalue weighted by Gasteiger charge is -2.21. The van der Waals surface area contributed by atoms with Crippen LogP contribution in [0.15, 0.2) is 24.3 Å². The summed E-state index contributed by atoms with van der Waals surface area (Å²) in [5.74, 6) is 0.965. The molecule has 2 atom stereocenters. The molecule has 0 bridgehead atoms. The second-order valence-electron chi connectivity index (χ2n) is 5.56. The third-order valence-electron chi connectivity index (χ3n) is 3.49. The van der Waals surface area contributed by atoms with E-state index in [0.717, 1.165) is 12.2 Å². The molecule has 2 unspecified atom stereocenters. The zero-order valence-corrected chi connectivity index (χ0v) is 13.7. The number of para-hydroxylation sites is 1. The normalized spacial score (nSPS) is 13.8. The molecule has 0 saturated carbocycles. The summed E-state index contributed by atoms with van der Waals surface area (Å²) in [6.45, 7) is 8.57. The second-order valence-corrected chi connectivity index (χ2v) is 5.56. The number of esters is 1. The van der Waals surface area contributed by atoms with Crippen molar-refractivity contribution in [2.45, 2.75) is 52.1 Å². The second kappa shape index (κ2) is 8.67. The molecule has 4 heteroatoms. The van der Waals surface area contributed by atoms with Gasteiger partial charge < -0.3 is 9.47 Å². The molecule has 0 aliphatic carbocycles. The molecule has 0 aliphatic rings. The molecule has 1 aromatic carbocycles. The minimum Gasteiger partial charge on any atom is -0.491 e. The quantitative estimate of drug-likeness (QED) is 0.748. The fourth-order valence-electron chi connectivity index (χ4n) is 2.14. The summed E-state index contributed by atoms with van der Waals surface area (Å²) < 4.78 is 10.7. The Morgan fingerprint density at radius 2 is 1.90 bits per heavy atom. The molecule has 1 rings (SSSR count). The van der Waals surface area contributed by atoms with Crippen molar-refractivity contribution in [1.82, 2.24) is 5.32 Å². The van der Waals surface area contributed by atoms with Gasteiger partial charge in [0.2, 0.25) is 0 Å². The molecule has 0 aliphatic heterocycles. The van der Waals surface area contributed by atoms with Crippen molar-refractivity contribution in [1.29, 1.82) is 0 Å². The first-order chi connectivity index (χ1) is 9.99. The average Bonchev–Trinajstić information content (AvgIpc) is 2.49. The highest BCUT2D eigenvalue weighted by Gasteiger charge is 2.21. The van der Waals surface area contributed by atoms with Crippen molar-refractivity contribution in [2.75, 3.05) is 13.7 Å². The molecule has 0 fully saturated rings. The zero-order valence-electron chi connectivity index (χ0n) is 13.7. The third kappa shape index (κ3) is 5.38. The predicted molar refractivity (Wildman–Crippen MR) is 84.7 cm³/mol. The average molecular weight is 293 g/mol. The van der Waals surface area contributed by atoms with Crippen LogP contribution < -0.4 is 10.1 Å². The number of hydrogen-bond acceptors (Lipinski definition) is 4. The Balaban J connectivity index is 2.78. The van der Waals surface area contributed by atoms with E-state index >= 15 is 0 Å². The van der Waals surface area contributed by atoms with Gasteiger partial charge in [0, 0.05) is 6.04 Å². The summed E-state index contributed by atoms with van der Waals surface area (Å²) in [5, 5.41) is 3.16. The van der Waals surface area contributed by atoms with Crippen molar-refractivity contribution in [2.24, 2.45) is 0 Å². The first-order valence-electron chi connectivity index (χ1n) is 7.55. The van der Waals surface area contributed by atoms with E-state index in [-0.39, 0.29) is 18.6 Å². The van der Waals surface area contributed by atoms with Gasteiger partial charge >= 0.3 is 5.97 Å². The van der Waals surface area contributed by atoms with Crippen molar-refractivity contribution in [3.8, 4) is 5.75 Å². The number of methoxy groups -OCH3 is 1. The number of benzene rings is 1. The largest absolute Gasteiger partial charge is 0.491 e. The topological polar surface area (TPSA) is 47.6 Å². The van der Waals surface area contributed by atoms with Gasteiger partial charge in [-0.2, -0.15) is 0 Å². The van der Waals surface area contributed by atoms with Gasteiger partial charge in [0.05, 0.1) is 7.11 Å². The summed E-state index contributed by atoms with van der Waals surface area (Å²) in [6.07, 6.45) is 1.05. The van der Waals surface area contributed by atoms with Crippen LogP contribution in [0.5, 0.6) is 5.75 Å². The van der Waals surface area contributed by atoms with Gasteiger partial charge in [-0.25, -0.2) is 0 Å². The first-order valence-corrected chi connectivity index (χ1v) is 7.55. The van der Waals surface area contributed by atoms with E-state index in [9.17, 15) is 4.79 Å². The van der Waals surface area contributed by atoms with E-state index < -0.39 is 6.04 Å². The summed E-state index contributed by atoms with van der Waals surface area (Å²) in [6, 6.07) is 7.71. The van der Waals surface area contributed by atoms with E-state index in [1.165, 1.54) is 12.7 Å². The maximum absolute atomic E-state index is 11.8. The van der Waals surface area contributed by atoms with Gasteiger partial charge in [-0.05, 0) is 24.0 Å². The highest BCUT2D eigenvalue weighted by molar-refractivity contribution is 5.75. The fourth-order valence-corrected chi connectivity index (χ4v) is 2.14. The Morgan fingerprint density at radius 1 is 1.24 bits per heavy atom. The lowest BCUT2D eigenvalue weighted by molar-refractivity contribution is -0.144. The van der Waals surface area contributed by atoms with Crippen LogP contribution in [-0.2, 0) is 9.53 Å². The Kier molecular flexibility index (Phi) is 7.23. The van der Waals surface area contributed by atoms with Crippen molar-refractivity contribution in [3.05, 3.63) is 29.8 Å². The lowest BCUT2D eigenvalue weighted by atomic mass is 9.98. The summed E-state index contributed by atoms with van der Waals surface area (Å²) in [4.78, 5) is 11.8. The first kappa shape index (κ1) is 17.5. The molecule has 0 saturated heterocycles. The van der Waals surface area contributed by atoms with Crippen LogP contribution in [0.4, 0.5) is 0 Å². The van der Waals surface area contributed by atoms with Crippen molar-refractivity contribution >= 4 is 5.97 Å². The van der Waals surface area contributed by atoms with E-state index in [1.54, 1.807) is 0 Å². The summed E-state index contributed by atoms with van der Waals surface area (Å²) >= 11 is 0. The van der Waals surface area contributed by atoms with Gasteiger partial charge in [-0.15, -0.1) is 0 Å². The fraction of sp³-hybridized carbons (Fsp3) is 0.588. The molecule has 0 spiro atoms. The number of nitrogens with one attached hydrogen (secondary N) is 1. The molecule has 0 aromatic heterocycles. The molecule has 118 valence electrons. The molecule has 21 heavy (non-hydrogen) atoms. The monoisotopic (exact) mass is 293 g/mol.